The molecule has 1 N–H and O–H groups in total. The van der Waals surface area contributed by atoms with Gasteiger partial charge in [0.1, 0.15) is 5.75 Å². The maximum atomic E-state index is 12.1. The Balaban J connectivity index is 1.90. The van der Waals surface area contributed by atoms with Crippen molar-refractivity contribution in [2.75, 3.05) is 19.8 Å². The molecule has 1 heterocycles. The number of nitro groups is 1. The molecule has 2 rings (SSSR count). The van der Waals surface area contributed by atoms with Gasteiger partial charge in [-0.15, -0.1) is 0 Å². The van der Waals surface area contributed by atoms with Gasteiger partial charge in [0.15, 0.2) is 6.61 Å². The number of aliphatic hydroxyl groups is 1. The fourth-order valence-corrected chi connectivity index (χ4v) is 2.49. The number of carbonyl (C=O) groups excluding carboxylic acids is 1. The van der Waals surface area contributed by atoms with Crippen LogP contribution in [0.3, 0.4) is 0 Å². The van der Waals surface area contributed by atoms with E-state index >= 15 is 0 Å². The zero-order valence-electron chi connectivity index (χ0n) is 11.8. The molecule has 0 aromatic heterocycles. The highest BCUT2D eigenvalue weighted by atomic mass is 16.6. The Hall–Kier alpha value is -2.15. The number of benzene rings is 1. The van der Waals surface area contributed by atoms with E-state index in [9.17, 15) is 20.0 Å². The van der Waals surface area contributed by atoms with Crippen molar-refractivity contribution in [3.63, 3.8) is 0 Å². The van der Waals surface area contributed by atoms with E-state index < -0.39 is 4.92 Å². The van der Waals surface area contributed by atoms with Crippen molar-refractivity contribution >= 4 is 11.6 Å². The van der Waals surface area contributed by atoms with E-state index in [-0.39, 0.29) is 36.8 Å². The van der Waals surface area contributed by atoms with Gasteiger partial charge in [0.2, 0.25) is 0 Å². The van der Waals surface area contributed by atoms with Gasteiger partial charge in [0, 0.05) is 18.7 Å². The van der Waals surface area contributed by atoms with Crippen LogP contribution in [0.4, 0.5) is 5.69 Å². The minimum Gasteiger partial charge on any atom is -0.484 e. The number of amides is 1. The van der Waals surface area contributed by atoms with Crippen LogP contribution in [0.25, 0.3) is 0 Å². The second kappa shape index (κ2) is 6.53. The predicted octanol–water partition coefficient (Wildman–Crippen LogP) is 1.20. The first-order valence-electron chi connectivity index (χ1n) is 6.80. The van der Waals surface area contributed by atoms with E-state index in [2.05, 4.69) is 0 Å². The molecule has 1 fully saturated rings. The first-order valence-corrected chi connectivity index (χ1v) is 6.80. The number of aliphatic hydroxyl groups excluding tert-OH is 1. The lowest BCUT2D eigenvalue weighted by atomic mass is 10.0. The summed E-state index contributed by atoms with van der Waals surface area (Å²) < 4.78 is 5.35. The highest BCUT2D eigenvalue weighted by molar-refractivity contribution is 5.78. The lowest BCUT2D eigenvalue weighted by Crippen LogP contribution is -2.42. The van der Waals surface area contributed by atoms with Crippen LogP contribution in [0, 0.1) is 16.0 Å². The van der Waals surface area contributed by atoms with Crippen LogP contribution in [-0.4, -0.2) is 46.6 Å². The Morgan fingerprint density at radius 3 is 2.71 bits per heavy atom. The summed E-state index contributed by atoms with van der Waals surface area (Å²) in [5.41, 5.74) is -0.0256. The van der Waals surface area contributed by atoms with Crippen LogP contribution >= 0.6 is 0 Å². The summed E-state index contributed by atoms with van der Waals surface area (Å²) >= 11 is 0. The molecule has 7 heteroatoms. The van der Waals surface area contributed by atoms with Gasteiger partial charge in [-0.05, 0) is 24.5 Å². The van der Waals surface area contributed by atoms with Gasteiger partial charge < -0.3 is 14.7 Å². The number of carbonyl (C=O) groups is 1. The molecule has 1 aromatic rings. The second-order valence-corrected chi connectivity index (χ2v) is 5.14. The minimum atomic E-state index is -0.494. The van der Waals surface area contributed by atoms with Crippen LogP contribution in [0.5, 0.6) is 5.75 Å². The fraction of sp³-hybridized carbons (Fsp3) is 0.500. The van der Waals surface area contributed by atoms with Crippen LogP contribution in [0.1, 0.15) is 13.3 Å². The monoisotopic (exact) mass is 294 g/mol. The standard InChI is InChI=1S/C14H18N2O5/c1-10-6-7-15(13(10)8-17)14(18)9-21-12-4-2-11(3-5-12)16(19)20/h2-5,10,13,17H,6-9H2,1H3. The van der Waals surface area contributed by atoms with Gasteiger partial charge in [0.25, 0.3) is 11.6 Å². The maximum absolute atomic E-state index is 12.1. The van der Waals surface area contributed by atoms with Crippen molar-refractivity contribution in [3.05, 3.63) is 34.4 Å². The molecule has 1 saturated heterocycles. The number of ether oxygens (including phenoxy) is 1. The molecule has 0 spiro atoms. The Kier molecular flexibility index (Phi) is 4.74. The first-order chi connectivity index (χ1) is 10.0. The normalized spacial score (nSPS) is 21.3. The van der Waals surface area contributed by atoms with E-state index in [0.717, 1.165) is 6.42 Å². The molecule has 0 bridgehead atoms. The summed E-state index contributed by atoms with van der Waals surface area (Å²) in [6, 6.07) is 5.42. The van der Waals surface area contributed by atoms with E-state index in [1.807, 2.05) is 6.92 Å². The molecule has 7 nitrogen and oxygen atoms in total. The molecular formula is C14H18N2O5. The number of nitro benzene ring substituents is 1. The lowest BCUT2D eigenvalue weighted by molar-refractivity contribution is -0.384. The number of likely N-dealkylation sites (tertiary alicyclic amines) is 1. The summed E-state index contributed by atoms with van der Waals surface area (Å²) in [4.78, 5) is 23.8. The topological polar surface area (TPSA) is 92.9 Å². The van der Waals surface area contributed by atoms with Crippen molar-refractivity contribution in [3.8, 4) is 5.75 Å². The van der Waals surface area contributed by atoms with Gasteiger partial charge in [0.05, 0.1) is 17.6 Å². The molecule has 2 unspecified atom stereocenters. The quantitative estimate of drug-likeness (QED) is 0.650. The van der Waals surface area contributed by atoms with Crippen molar-refractivity contribution in [1.82, 2.24) is 4.90 Å². The predicted molar refractivity (Wildman–Crippen MR) is 75.0 cm³/mol. The molecule has 114 valence electrons. The largest absolute Gasteiger partial charge is 0.484 e. The molecule has 2 atom stereocenters. The van der Waals surface area contributed by atoms with Crippen molar-refractivity contribution in [1.29, 1.82) is 0 Å². The van der Waals surface area contributed by atoms with Gasteiger partial charge in [-0.2, -0.15) is 0 Å². The summed E-state index contributed by atoms with van der Waals surface area (Å²) in [5, 5.41) is 19.9. The third kappa shape index (κ3) is 3.49. The Bertz CT molecular complexity index is 517. The molecule has 0 saturated carbocycles. The third-order valence-electron chi connectivity index (χ3n) is 3.80. The summed E-state index contributed by atoms with van der Waals surface area (Å²) in [6.45, 7) is 2.44. The number of rotatable bonds is 5. The number of non-ortho nitro benzene ring substituents is 1. The third-order valence-corrected chi connectivity index (χ3v) is 3.80. The Morgan fingerprint density at radius 1 is 1.48 bits per heavy atom. The Labute approximate surface area is 122 Å². The Morgan fingerprint density at radius 2 is 2.14 bits per heavy atom. The van der Waals surface area contributed by atoms with Crippen LogP contribution in [0.2, 0.25) is 0 Å². The van der Waals surface area contributed by atoms with Gasteiger partial charge in [-0.25, -0.2) is 0 Å². The molecule has 1 aromatic carbocycles. The molecule has 21 heavy (non-hydrogen) atoms. The number of hydrogen-bond donors (Lipinski definition) is 1. The smallest absolute Gasteiger partial charge is 0.269 e. The molecule has 1 amide bonds. The number of hydrogen-bond acceptors (Lipinski definition) is 5. The molecule has 1 aliphatic rings. The van der Waals surface area contributed by atoms with Gasteiger partial charge >= 0.3 is 0 Å². The zero-order valence-corrected chi connectivity index (χ0v) is 11.8. The van der Waals surface area contributed by atoms with Gasteiger partial charge in [-0.1, -0.05) is 6.92 Å². The SMILES string of the molecule is CC1CCN(C(=O)COc2ccc([N+](=O)[O-])cc2)C1CO. The average Bonchev–Trinajstić information content (AvgIpc) is 2.86. The van der Waals surface area contributed by atoms with E-state index in [1.165, 1.54) is 24.3 Å². The first kappa shape index (κ1) is 15.2. The van der Waals surface area contributed by atoms with E-state index in [0.29, 0.717) is 12.3 Å². The van der Waals surface area contributed by atoms with Crippen molar-refractivity contribution in [2.45, 2.75) is 19.4 Å². The minimum absolute atomic E-state index is 0.0256. The summed E-state index contributed by atoms with van der Waals surface area (Å²) in [7, 11) is 0. The average molecular weight is 294 g/mol. The van der Waals surface area contributed by atoms with Crippen LogP contribution in [-0.2, 0) is 4.79 Å². The molecule has 0 aliphatic carbocycles. The van der Waals surface area contributed by atoms with Crippen molar-refractivity contribution < 1.29 is 19.6 Å². The van der Waals surface area contributed by atoms with Gasteiger partial charge in [-0.3, -0.25) is 14.9 Å². The highest BCUT2D eigenvalue weighted by Crippen LogP contribution is 2.24. The summed E-state index contributed by atoms with van der Waals surface area (Å²) in [5.74, 6) is 0.497. The second-order valence-electron chi connectivity index (χ2n) is 5.14. The molecule has 0 radical (unpaired) electrons. The van der Waals surface area contributed by atoms with Crippen molar-refractivity contribution in [2.24, 2.45) is 5.92 Å². The summed E-state index contributed by atoms with van der Waals surface area (Å²) in [6.07, 6.45) is 0.870. The lowest BCUT2D eigenvalue weighted by Gasteiger charge is -2.25. The fourth-order valence-electron chi connectivity index (χ4n) is 2.49. The van der Waals surface area contributed by atoms with E-state index in [4.69, 9.17) is 4.74 Å². The zero-order chi connectivity index (χ0) is 15.4. The highest BCUT2D eigenvalue weighted by Gasteiger charge is 2.33. The van der Waals surface area contributed by atoms with Crippen LogP contribution in [0.15, 0.2) is 24.3 Å². The molecular weight excluding hydrogens is 276 g/mol. The maximum Gasteiger partial charge on any atom is 0.269 e. The molecule has 1 aliphatic heterocycles. The number of nitrogens with zero attached hydrogens (tertiary/aromatic N) is 2. The van der Waals surface area contributed by atoms with E-state index in [1.54, 1.807) is 4.90 Å². The van der Waals surface area contributed by atoms with Crippen LogP contribution < -0.4 is 4.74 Å².